The molecule has 3 aliphatic rings. The molecule has 0 spiro atoms. The molecule has 1 saturated carbocycles. The molecule has 296 valence electrons. The average Bonchev–Trinajstić information content (AvgIpc) is 3.43. The standard InChI is InChI=1S/C43H76O8/c1-9-10-11-12-13-14-15-16-17-18-19-20-21-22-23-24-25-37(46)49-36-27-29-43(8,51-33(5)45)40-38-34(31(2)3)26-28-42(7,50-32(4)44)39(38)35(48-40)30-41(36,6)47/h31,34-36,38-40,47H,9-30H2,1-8H3. The van der Waals surface area contributed by atoms with Crippen LogP contribution in [0, 0.1) is 23.7 Å². The average molecular weight is 721 g/mol. The molecule has 1 aliphatic carbocycles. The number of hydrogen-bond acceptors (Lipinski definition) is 8. The largest absolute Gasteiger partial charge is 0.459 e. The number of aliphatic hydroxyl groups is 1. The maximum Gasteiger partial charge on any atom is 0.306 e. The van der Waals surface area contributed by atoms with Crippen molar-refractivity contribution >= 4 is 17.9 Å². The van der Waals surface area contributed by atoms with Gasteiger partial charge in [-0.25, -0.2) is 0 Å². The lowest BCUT2D eigenvalue weighted by Gasteiger charge is -2.51. The Morgan fingerprint density at radius 2 is 1.20 bits per heavy atom. The summed E-state index contributed by atoms with van der Waals surface area (Å²) in [7, 11) is 0. The van der Waals surface area contributed by atoms with E-state index in [1.54, 1.807) is 6.92 Å². The third-order valence-corrected chi connectivity index (χ3v) is 12.6. The molecule has 2 aliphatic heterocycles. The van der Waals surface area contributed by atoms with Crippen LogP contribution in [0.1, 0.15) is 197 Å². The van der Waals surface area contributed by atoms with Gasteiger partial charge in [0.05, 0.1) is 6.10 Å². The normalized spacial score (nSPS) is 33.5. The van der Waals surface area contributed by atoms with E-state index < -0.39 is 41.1 Å². The van der Waals surface area contributed by atoms with Crippen molar-refractivity contribution in [1.29, 1.82) is 0 Å². The van der Waals surface area contributed by atoms with Crippen LogP contribution in [-0.4, -0.2) is 58.1 Å². The molecule has 0 aromatic rings. The molecule has 1 N–H and O–H groups in total. The number of carbonyl (C=O) groups is 3. The molecule has 9 unspecified atom stereocenters. The Morgan fingerprint density at radius 3 is 1.69 bits per heavy atom. The van der Waals surface area contributed by atoms with Crippen LogP contribution >= 0.6 is 0 Å². The van der Waals surface area contributed by atoms with Crippen LogP contribution in [0.25, 0.3) is 0 Å². The van der Waals surface area contributed by atoms with Gasteiger partial charge in [-0.15, -0.1) is 0 Å². The van der Waals surface area contributed by atoms with Crippen molar-refractivity contribution < 1.29 is 38.4 Å². The molecule has 2 saturated heterocycles. The first-order chi connectivity index (χ1) is 24.1. The topological polar surface area (TPSA) is 108 Å². The molecule has 8 nitrogen and oxygen atoms in total. The minimum atomic E-state index is -1.39. The van der Waals surface area contributed by atoms with Crippen LogP contribution in [-0.2, 0) is 33.3 Å². The maximum absolute atomic E-state index is 13.2. The fraction of sp³-hybridized carbons (Fsp3) is 0.930. The van der Waals surface area contributed by atoms with Crippen molar-refractivity contribution in [2.45, 2.75) is 232 Å². The summed E-state index contributed by atoms with van der Waals surface area (Å²) in [6.07, 6.45) is 21.5. The molecule has 51 heavy (non-hydrogen) atoms. The Morgan fingerprint density at radius 1 is 0.725 bits per heavy atom. The van der Waals surface area contributed by atoms with Crippen LogP contribution in [0.5, 0.6) is 0 Å². The Kier molecular flexibility index (Phi) is 17.7. The van der Waals surface area contributed by atoms with Crippen molar-refractivity contribution in [3.05, 3.63) is 0 Å². The van der Waals surface area contributed by atoms with Gasteiger partial charge in [0, 0.05) is 38.5 Å². The summed E-state index contributed by atoms with van der Waals surface area (Å²) >= 11 is 0. The summed E-state index contributed by atoms with van der Waals surface area (Å²) in [6.45, 7) is 15.2. The Balaban J connectivity index is 1.54. The van der Waals surface area contributed by atoms with E-state index in [-0.39, 0.29) is 36.1 Å². The molecule has 0 amide bonds. The first-order valence-corrected chi connectivity index (χ1v) is 21.1. The lowest BCUT2D eigenvalue weighted by molar-refractivity contribution is -0.185. The summed E-state index contributed by atoms with van der Waals surface area (Å²) in [5.41, 5.74) is -3.20. The van der Waals surface area contributed by atoms with Gasteiger partial charge in [0.2, 0.25) is 0 Å². The summed E-state index contributed by atoms with van der Waals surface area (Å²) in [4.78, 5) is 38.1. The van der Waals surface area contributed by atoms with Gasteiger partial charge >= 0.3 is 17.9 Å². The summed E-state index contributed by atoms with van der Waals surface area (Å²) < 4.78 is 25.2. The molecule has 0 aromatic heterocycles. The first kappa shape index (κ1) is 43.7. The highest BCUT2D eigenvalue weighted by molar-refractivity contribution is 5.69. The van der Waals surface area contributed by atoms with Crippen LogP contribution in [0.4, 0.5) is 0 Å². The second-order valence-electron chi connectivity index (χ2n) is 17.6. The Hall–Kier alpha value is -1.67. The maximum atomic E-state index is 13.2. The van der Waals surface area contributed by atoms with Crippen molar-refractivity contribution in [3.63, 3.8) is 0 Å². The van der Waals surface area contributed by atoms with Gasteiger partial charge in [0.25, 0.3) is 0 Å². The van der Waals surface area contributed by atoms with Gasteiger partial charge in [-0.05, 0) is 64.7 Å². The number of hydrogen-bond donors (Lipinski definition) is 1. The van der Waals surface area contributed by atoms with E-state index in [0.29, 0.717) is 31.6 Å². The fourth-order valence-electron chi connectivity index (χ4n) is 9.92. The predicted octanol–water partition coefficient (Wildman–Crippen LogP) is 10.2. The summed E-state index contributed by atoms with van der Waals surface area (Å²) in [5.74, 6) is -0.692. The zero-order chi connectivity index (χ0) is 37.7. The molecule has 3 rings (SSSR count). The Bertz CT molecular complexity index is 1070. The van der Waals surface area contributed by atoms with Gasteiger partial charge in [-0.3, -0.25) is 14.4 Å². The van der Waals surface area contributed by atoms with Crippen LogP contribution in [0.2, 0.25) is 0 Å². The molecular formula is C43H76O8. The first-order valence-electron chi connectivity index (χ1n) is 21.1. The number of esters is 3. The molecule has 0 radical (unpaired) electrons. The van der Waals surface area contributed by atoms with E-state index in [1.807, 2.05) is 13.8 Å². The minimum absolute atomic E-state index is 0.0396. The highest BCUT2D eigenvalue weighted by Gasteiger charge is 2.65. The van der Waals surface area contributed by atoms with Crippen molar-refractivity contribution in [3.8, 4) is 0 Å². The van der Waals surface area contributed by atoms with E-state index in [4.69, 9.17) is 18.9 Å². The third kappa shape index (κ3) is 13.0. The van der Waals surface area contributed by atoms with Gasteiger partial charge in [0.1, 0.15) is 29.0 Å². The lowest BCUT2D eigenvalue weighted by Crippen LogP contribution is -2.58. The monoisotopic (exact) mass is 721 g/mol. The van der Waals surface area contributed by atoms with E-state index in [0.717, 1.165) is 25.7 Å². The van der Waals surface area contributed by atoms with E-state index in [9.17, 15) is 19.5 Å². The molecule has 2 bridgehead atoms. The van der Waals surface area contributed by atoms with E-state index >= 15 is 0 Å². The summed E-state index contributed by atoms with van der Waals surface area (Å²) in [6, 6.07) is 0. The Labute approximate surface area is 311 Å². The number of carbonyl (C=O) groups excluding carboxylic acids is 3. The van der Waals surface area contributed by atoms with Gasteiger partial charge in [-0.1, -0.05) is 117 Å². The number of rotatable bonds is 21. The smallest absolute Gasteiger partial charge is 0.306 e. The zero-order valence-electron chi connectivity index (χ0n) is 33.9. The van der Waals surface area contributed by atoms with Gasteiger partial charge in [0.15, 0.2) is 0 Å². The predicted molar refractivity (Wildman–Crippen MR) is 202 cm³/mol. The quantitative estimate of drug-likeness (QED) is 0.0709. The highest BCUT2D eigenvalue weighted by atomic mass is 16.6. The highest BCUT2D eigenvalue weighted by Crippen LogP contribution is 2.58. The van der Waals surface area contributed by atoms with Crippen LogP contribution in [0.15, 0.2) is 0 Å². The van der Waals surface area contributed by atoms with E-state index in [1.165, 1.54) is 97.3 Å². The lowest BCUT2D eigenvalue weighted by atomic mass is 9.57. The molecule has 9 atom stereocenters. The SMILES string of the molecule is CCCCCCCCCCCCCCCCCCC(=O)OC1CCC(C)(OC(C)=O)C2OC(CC1(C)O)C1C2C(C(C)C)CCC1(C)OC(C)=O. The number of unbranched alkanes of at least 4 members (excludes halogenated alkanes) is 15. The van der Waals surface area contributed by atoms with Crippen molar-refractivity contribution in [2.24, 2.45) is 23.7 Å². The van der Waals surface area contributed by atoms with E-state index in [2.05, 4.69) is 20.8 Å². The zero-order valence-corrected chi connectivity index (χ0v) is 33.9. The van der Waals surface area contributed by atoms with Gasteiger partial charge < -0.3 is 24.1 Å². The number of fused-ring (bicyclic) bond motifs is 5. The third-order valence-electron chi connectivity index (χ3n) is 12.6. The molecule has 8 heteroatoms. The number of ether oxygens (including phenoxy) is 4. The minimum Gasteiger partial charge on any atom is -0.459 e. The second-order valence-corrected chi connectivity index (χ2v) is 17.6. The van der Waals surface area contributed by atoms with Crippen molar-refractivity contribution in [2.75, 3.05) is 0 Å². The summed E-state index contributed by atoms with van der Waals surface area (Å²) in [5, 5.41) is 12.0. The van der Waals surface area contributed by atoms with Crippen LogP contribution in [0.3, 0.4) is 0 Å². The van der Waals surface area contributed by atoms with Crippen molar-refractivity contribution in [1.82, 2.24) is 0 Å². The molecule has 2 heterocycles. The second kappa shape index (κ2) is 20.7. The fourth-order valence-corrected chi connectivity index (χ4v) is 9.92. The molecule has 3 fully saturated rings. The van der Waals surface area contributed by atoms with Gasteiger partial charge in [-0.2, -0.15) is 0 Å². The molecule has 0 aromatic carbocycles. The molecular weight excluding hydrogens is 644 g/mol. The van der Waals surface area contributed by atoms with Crippen LogP contribution < -0.4 is 0 Å².